The first-order valence-corrected chi connectivity index (χ1v) is 6.31. The van der Waals surface area contributed by atoms with E-state index in [1.807, 2.05) is 0 Å². The fraction of sp³-hybridized carbons (Fsp3) is 0.636. The van der Waals surface area contributed by atoms with Crippen LogP contribution < -0.4 is 10.5 Å². The summed E-state index contributed by atoms with van der Waals surface area (Å²) in [5, 5.41) is 36.8. The predicted molar refractivity (Wildman–Crippen MR) is 68.0 cm³/mol. The Balaban J connectivity index is 1.94. The van der Waals surface area contributed by atoms with Crippen LogP contribution in [-0.2, 0) is 4.74 Å². The highest BCUT2D eigenvalue weighted by molar-refractivity contribution is 5.63. The van der Waals surface area contributed by atoms with Gasteiger partial charge in [-0.05, 0) is 0 Å². The normalized spacial score (nSPS) is 34.2. The third-order valence-electron chi connectivity index (χ3n) is 3.55. The molecule has 0 amide bonds. The van der Waals surface area contributed by atoms with Gasteiger partial charge in [-0.1, -0.05) is 0 Å². The molecule has 1 unspecified atom stereocenters. The van der Waals surface area contributed by atoms with Crippen LogP contribution in [0, 0.1) is 0 Å². The van der Waals surface area contributed by atoms with E-state index in [0.717, 1.165) is 0 Å². The van der Waals surface area contributed by atoms with Gasteiger partial charge in [0, 0.05) is 0 Å². The van der Waals surface area contributed by atoms with Crippen LogP contribution in [0.1, 0.15) is 11.7 Å². The predicted octanol–water partition coefficient (Wildman–Crippen LogP) is -1.31. The number of rotatable bonds is 3. The van der Waals surface area contributed by atoms with Gasteiger partial charge in [-0.3, -0.25) is 0 Å². The molecule has 0 spiro atoms. The lowest BCUT2D eigenvalue weighted by Gasteiger charge is -2.18. The molecule has 5 N–H and O–H groups in total. The maximum Gasteiger partial charge on any atom is 0.318 e. The summed E-state index contributed by atoms with van der Waals surface area (Å²) < 4.78 is 10.4. The maximum atomic E-state index is 10.0. The average molecular weight is 297 g/mol. The van der Waals surface area contributed by atoms with Gasteiger partial charge in [0.1, 0.15) is 36.2 Å². The Kier molecular flexibility index (Phi) is 3.45. The molecule has 0 bridgehead atoms. The first kappa shape index (κ1) is 14.1. The number of fused-ring (bicyclic) bond motifs is 1. The van der Waals surface area contributed by atoms with E-state index in [4.69, 9.17) is 20.3 Å². The third-order valence-corrected chi connectivity index (χ3v) is 3.55. The smallest absolute Gasteiger partial charge is 0.318 e. The summed E-state index contributed by atoms with van der Waals surface area (Å²) in [6.07, 6.45) is -4.20. The average Bonchev–Trinajstić information content (AvgIpc) is 3.02. The van der Waals surface area contributed by atoms with Crippen molar-refractivity contribution in [2.24, 2.45) is 10.2 Å². The lowest BCUT2D eigenvalue weighted by Crippen LogP contribution is -2.35. The Morgan fingerprint density at radius 1 is 1.29 bits per heavy atom. The van der Waals surface area contributed by atoms with Crippen molar-refractivity contribution in [3.8, 4) is 6.01 Å². The molecule has 2 aliphatic rings. The first-order valence-electron chi connectivity index (χ1n) is 6.31. The van der Waals surface area contributed by atoms with E-state index in [1.54, 1.807) is 0 Å². The van der Waals surface area contributed by atoms with Gasteiger partial charge < -0.3 is 30.5 Å². The molecule has 114 valence electrons. The van der Waals surface area contributed by atoms with E-state index in [-0.39, 0.29) is 11.8 Å². The van der Waals surface area contributed by atoms with Crippen molar-refractivity contribution < 1.29 is 24.8 Å². The monoisotopic (exact) mass is 297 g/mol. The van der Waals surface area contributed by atoms with Crippen molar-refractivity contribution in [2.45, 2.75) is 30.5 Å². The zero-order chi connectivity index (χ0) is 15.1. The molecule has 3 heterocycles. The second kappa shape index (κ2) is 5.15. The van der Waals surface area contributed by atoms with E-state index in [0.29, 0.717) is 11.4 Å². The van der Waals surface area contributed by atoms with Crippen molar-refractivity contribution in [1.29, 1.82) is 0 Å². The molecule has 0 radical (unpaired) electrons. The van der Waals surface area contributed by atoms with Gasteiger partial charge in [-0.15, -0.1) is 5.11 Å². The fourth-order valence-corrected chi connectivity index (χ4v) is 2.45. The highest BCUT2D eigenvalue weighted by atomic mass is 16.6. The highest BCUT2D eigenvalue weighted by Gasteiger charge is 2.49. The van der Waals surface area contributed by atoms with Crippen LogP contribution in [0.5, 0.6) is 6.01 Å². The number of aliphatic hydroxyl groups is 3. The number of nitrogens with zero attached hydrogens (tertiary/aromatic N) is 4. The van der Waals surface area contributed by atoms with Gasteiger partial charge in [-0.2, -0.15) is 15.1 Å². The fourth-order valence-electron chi connectivity index (χ4n) is 2.45. The number of aromatic nitrogens is 2. The Hall–Kier alpha value is -1.88. The summed E-state index contributed by atoms with van der Waals surface area (Å²) in [7, 11) is 1.39. The maximum absolute atomic E-state index is 10.0. The summed E-state index contributed by atoms with van der Waals surface area (Å²) >= 11 is 0. The molecule has 1 aromatic heterocycles. The molecule has 0 aromatic carbocycles. The summed E-state index contributed by atoms with van der Waals surface area (Å²) in [6.45, 7) is -0.416. The Morgan fingerprint density at radius 2 is 2.05 bits per heavy atom. The Bertz CT molecular complexity index is 582. The van der Waals surface area contributed by atoms with E-state index in [2.05, 4.69) is 20.2 Å². The minimum absolute atomic E-state index is 0.0512. The van der Waals surface area contributed by atoms with Crippen LogP contribution in [-0.4, -0.2) is 63.4 Å². The summed E-state index contributed by atoms with van der Waals surface area (Å²) in [4.78, 5) is 8.02. The van der Waals surface area contributed by atoms with Gasteiger partial charge >= 0.3 is 6.01 Å². The molecular weight excluding hydrogens is 282 g/mol. The van der Waals surface area contributed by atoms with Crippen LogP contribution in [0.2, 0.25) is 0 Å². The number of ether oxygens (including phenoxy) is 2. The summed E-state index contributed by atoms with van der Waals surface area (Å²) in [5.41, 5.74) is 6.39. The molecule has 5 atom stereocenters. The second-order valence-corrected chi connectivity index (χ2v) is 4.79. The number of nitrogen functional groups attached to an aromatic ring is 1. The summed E-state index contributed by atoms with van der Waals surface area (Å²) in [6, 6.07) is -0.698. The van der Waals surface area contributed by atoms with Gasteiger partial charge in [0.05, 0.1) is 13.7 Å². The Morgan fingerprint density at radius 3 is 2.67 bits per heavy atom. The molecule has 2 aliphatic heterocycles. The molecule has 1 aromatic rings. The minimum Gasteiger partial charge on any atom is -0.467 e. The van der Waals surface area contributed by atoms with Crippen molar-refractivity contribution in [3.63, 3.8) is 0 Å². The van der Waals surface area contributed by atoms with Gasteiger partial charge in [-0.25, -0.2) is 0 Å². The van der Waals surface area contributed by atoms with E-state index in [9.17, 15) is 10.2 Å². The zero-order valence-corrected chi connectivity index (χ0v) is 11.1. The van der Waals surface area contributed by atoms with Crippen molar-refractivity contribution in [2.75, 3.05) is 19.5 Å². The number of aliphatic hydroxyl groups excluding tert-OH is 3. The van der Waals surface area contributed by atoms with Gasteiger partial charge in [0.2, 0.25) is 0 Å². The number of hydrogen-bond acceptors (Lipinski definition) is 10. The lowest BCUT2D eigenvalue weighted by atomic mass is 10.00. The highest BCUT2D eigenvalue weighted by Crippen LogP contribution is 2.44. The van der Waals surface area contributed by atoms with Crippen LogP contribution in [0.25, 0.3) is 0 Å². The van der Waals surface area contributed by atoms with E-state index in [1.165, 1.54) is 7.11 Å². The summed E-state index contributed by atoms with van der Waals surface area (Å²) in [5.74, 6) is 0.106. The molecule has 10 nitrogen and oxygen atoms in total. The number of anilines is 1. The van der Waals surface area contributed by atoms with Crippen molar-refractivity contribution in [3.05, 3.63) is 5.69 Å². The third kappa shape index (κ3) is 2.12. The molecule has 1 saturated heterocycles. The van der Waals surface area contributed by atoms with Crippen molar-refractivity contribution >= 4 is 11.5 Å². The lowest BCUT2D eigenvalue weighted by molar-refractivity contribution is -0.0299. The van der Waals surface area contributed by atoms with E-state index >= 15 is 0 Å². The molecule has 0 aliphatic carbocycles. The largest absolute Gasteiger partial charge is 0.467 e. The number of hydrogen-bond donors (Lipinski definition) is 4. The van der Waals surface area contributed by atoms with Crippen LogP contribution >= 0.6 is 0 Å². The number of nitrogens with two attached hydrogens (primary N) is 1. The first-order chi connectivity index (χ1) is 10.1. The van der Waals surface area contributed by atoms with Gasteiger partial charge in [0.15, 0.2) is 11.5 Å². The zero-order valence-electron chi connectivity index (χ0n) is 11.1. The molecule has 10 heteroatoms. The molecule has 3 rings (SSSR count). The van der Waals surface area contributed by atoms with E-state index < -0.39 is 37.1 Å². The number of azo groups is 1. The molecule has 21 heavy (non-hydrogen) atoms. The minimum atomic E-state index is -1.22. The molecular formula is C11H15N5O5. The van der Waals surface area contributed by atoms with Crippen LogP contribution in [0.4, 0.5) is 11.5 Å². The van der Waals surface area contributed by atoms with Gasteiger partial charge in [0.25, 0.3) is 0 Å². The van der Waals surface area contributed by atoms with Crippen molar-refractivity contribution in [1.82, 2.24) is 9.97 Å². The second-order valence-electron chi connectivity index (χ2n) is 4.79. The standard InChI is InChI=1S/C11H15N5O5/c1-20-11-13-4-5(15-16-6(4)10(12)14-11)9-8(19)7(18)3(2-17)21-9/h3,5,7-9,17-19H,2H2,1H3,(H2,12,13,14)/t3-,5?,7-,8+,9+/m1/s1. The molecule has 0 saturated carbocycles. The topological polar surface area (TPSA) is 156 Å². The molecule has 1 fully saturated rings. The Labute approximate surface area is 119 Å². The van der Waals surface area contributed by atoms with Crippen LogP contribution in [0.3, 0.4) is 0 Å². The van der Waals surface area contributed by atoms with Crippen LogP contribution in [0.15, 0.2) is 10.2 Å². The quantitative estimate of drug-likeness (QED) is 0.535. The number of methoxy groups -OCH3 is 1. The SMILES string of the molecule is COc1nc(N)c2c(n1)C([C@@H]1O[C@H](CO)[C@@H](O)[C@@H]1O)N=N2.